The lowest BCUT2D eigenvalue weighted by atomic mass is 10.1. The van der Waals surface area contributed by atoms with Crippen molar-refractivity contribution in [3.63, 3.8) is 0 Å². The minimum atomic E-state index is 0.231. The number of amides is 1. The first-order chi connectivity index (χ1) is 9.24. The second-order valence-corrected chi connectivity index (χ2v) is 5.70. The molecule has 19 heavy (non-hydrogen) atoms. The highest BCUT2D eigenvalue weighted by Gasteiger charge is 2.37. The molecule has 0 spiro atoms. The molecule has 0 radical (unpaired) electrons. The number of hydrogen-bond acceptors (Lipinski definition) is 2. The molecule has 1 aromatic carbocycles. The van der Waals surface area contributed by atoms with Crippen LogP contribution in [0, 0.1) is 5.92 Å². The van der Waals surface area contributed by atoms with E-state index in [2.05, 4.69) is 11.1 Å². The van der Waals surface area contributed by atoms with Crippen LogP contribution in [0.25, 0.3) is 10.9 Å². The van der Waals surface area contributed by atoms with Crippen molar-refractivity contribution in [2.75, 3.05) is 11.4 Å². The number of aromatic nitrogens is 1. The Kier molecular flexibility index (Phi) is 2.33. The Balaban J connectivity index is 1.86. The smallest absolute Gasteiger partial charge is 0.231 e. The Morgan fingerprint density at radius 2 is 2.21 bits per heavy atom. The molecule has 1 aromatic heterocycles. The Labute approximate surface area is 116 Å². The van der Waals surface area contributed by atoms with Crippen molar-refractivity contribution in [2.24, 2.45) is 5.92 Å². The molecule has 2 heterocycles. The largest absolute Gasteiger partial charge is 0.296 e. The molecule has 0 atom stereocenters. The van der Waals surface area contributed by atoms with E-state index in [1.165, 1.54) is 0 Å². The van der Waals surface area contributed by atoms with Gasteiger partial charge in [0.25, 0.3) is 0 Å². The summed E-state index contributed by atoms with van der Waals surface area (Å²) >= 11 is 6.19. The van der Waals surface area contributed by atoms with E-state index in [0.717, 1.165) is 48.1 Å². The molecule has 1 aliphatic heterocycles. The zero-order valence-electron chi connectivity index (χ0n) is 10.4. The van der Waals surface area contributed by atoms with Crippen LogP contribution in [-0.4, -0.2) is 17.4 Å². The van der Waals surface area contributed by atoms with Gasteiger partial charge < -0.3 is 0 Å². The number of para-hydroxylation sites is 1. The van der Waals surface area contributed by atoms with Crippen LogP contribution in [0.15, 0.2) is 24.3 Å². The maximum absolute atomic E-state index is 12.2. The molecule has 0 saturated heterocycles. The van der Waals surface area contributed by atoms with E-state index in [1.54, 1.807) is 0 Å². The number of anilines is 1. The summed E-state index contributed by atoms with van der Waals surface area (Å²) in [7, 11) is 0. The fourth-order valence-electron chi connectivity index (χ4n) is 2.72. The van der Waals surface area contributed by atoms with Crippen LogP contribution in [0.1, 0.15) is 18.4 Å². The third kappa shape index (κ3) is 1.72. The van der Waals surface area contributed by atoms with Gasteiger partial charge in [0, 0.05) is 17.8 Å². The molecule has 2 aromatic rings. The number of carbonyl (C=O) groups is 1. The molecule has 0 unspecified atom stereocenters. The van der Waals surface area contributed by atoms with Crippen molar-refractivity contribution in [3.8, 4) is 0 Å². The molecular weight excluding hydrogens is 260 g/mol. The molecule has 1 saturated carbocycles. The van der Waals surface area contributed by atoms with Crippen molar-refractivity contribution >= 4 is 34.2 Å². The predicted molar refractivity (Wildman–Crippen MR) is 75.5 cm³/mol. The van der Waals surface area contributed by atoms with Gasteiger partial charge in [0.05, 0.1) is 10.5 Å². The maximum Gasteiger partial charge on any atom is 0.231 e. The van der Waals surface area contributed by atoms with Crippen LogP contribution in [0.5, 0.6) is 0 Å². The zero-order valence-corrected chi connectivity index (χ0v) is 11.2. The Bertz CT molecular complexity index is 694. The summed E-state index contributed by atoms with van der Waals surface area (Å²) in [6.45, 7) is 0.756. The zero-order chi connectivity index (χ0) is 13.0. The van der Waals surface area contributed by atoms with Crippen LogP contribution in [0.3, 0.4) is 0 Å². The normalized spacial score (nSPS) is 17.8. The van der Waals surface area contributed by atoms with Gasteiger partial charge in [0.15, 0.2) is 0 Å². The van der Waals surface area contributed by atoms with E-state index in [4.69, 9.17) is 11.6 Å². The monoisotopic (exact) mass is 272 g/mol. The number of fused-ring (bicyclic) bond motifs is 2. The average Bonchev–Trinajstić information content (AvgIpc) is 3.17. The topological polar surface area (TPSA) is 33.2 Å². The molecule has 96 valence electrons. The molecule has 4 heteroatoms. The van der Waals surface area contributed by atoms with Crippen LogP contribution < -0.4 is 4.90 Å². The molecule has 2 aliphatic rings. The van der Waals surface area contributed by atoms with Crippen molar-refractivity contribution in [3.05, 3.63) is 34.9 Å². The van der Waals surface area contributed by atoms with Gasteiger partial charge in [0.1, 0.15) is 5.82 Å². The number of halogens is 1. The number of hydrogen-bond donors (Lipinski definition) is 0. The first kappa shape index (κ1) is 11.2. The van der Waals surface area contributed by atoms with E-state index in [9.17, 15) is 4.79 Å². The summed E-state index contributed by atoms with van der Waals surface area (Å²) in [5.74, 6) is 1.28. The highest BCUT2D eigenvalue weighted by molar-refractivity contribution is 6.35. The molecular formula is C15H13ClN2O. The van der Waals surface area contributed by atoms with Gasteiger partial charge in [-0.2, -0.15) is 0 Å². The van der Waals surface area contributed by atoms with E-state index >= 15 is 0 Å². The first-order valence-corrected chi connectivity index (χ1v) is 7.01. The summed E-state index contributed by atoms with van der Waals surface area (Å²) in [5.41, 5.74) is 1.95. The maximum atomic E-state index is 12.2. The van der Waals surface area contributed by atoms with E-state index in [0.29, 0.717) is 5.02 Å². The standard InChI is InChI=1S/C15H13ClN2O/c16-12-3-1-2-10-8-11-6-7-18(14(11)17-13(10)12)15(19)9-4-5-9/h1-3,8-9H,4-7H2. The minimum absolute atomic E-state index is 0.231. The van der Waals surface area contributed by atoms with Crippen molar-refractivity contribution < 1.29 is 4.79 Å². The number of pyridine rings is 1. The molecule has 3 nitrogen and oxygen atoms in total. The Morgan fingerprint density at radius 3 is 3.00 bits per heavy atom. The first-order valence-electron chi connectivity index (χ1n) is 6.63. The number of nitrogens with zero attached hydrogens (tertiary/aromatic N) is 2. The van der Waals surface area contributed by atoms with Crippen LogP contribution in [0.2, 0.25) is 5.02 Å². The van der Waals surface area contributed by atoms with Gasteiger partial charge in [-0.3, -0.25) is 9.69 Å². The molecule has 1 fully saturated rings. The van der Waals surface area contributed by atoms with Gasteiger partial charge in [-0.15, -0.1) is 0 Å². The predicted octanol–water partition coefficient (Wildman–Crippen LogP) is 3.19. The van der Waals surface area contributed by atoms with Gasteiger partial charge >= 0.3 is 0 Å². The SMILES string of the molecule is O=C(C1CC1)N1CCc2cc3cccc(Cl)c3nc21. The fraction of sp³-hybridized carbons (Fsp3) is 0.333. The lowest BCUT2D eigenvalue weighted by Gasteiger charge is -2.16. The summed E-state index contributed by atoms with van der Waals surface area (Å²) in [5, 5.41) is 1.69. The molecule has 4 rings (SSSR count). The number of carbonyl (C=O) groups excluding carboxylic acids is 1. The molecule has 1 amide bonds. The van der Waals surface area contributed by atoms with Crippen molar-refractivity contribution in [1.29, 1.82) is 0 Å². The highest BCUT2D eigenvalue weighted by Crippen LogP contribution is 2.37. The van der Waals surface area contributed by atoms with Crippen molar-refractivity contribution in [1.82, 2.24) is 4.98 Å². The number of benzene rings is 1. The molecule has 1 aliphatic carbocycles. The van der Waals surface area contributed by atoms with E-state index < -0.39 is 0 Å². The third-order valence-electron chi connectivity index (χ3n) is 3.91. The number of rotatable bonds is 1. The highest BCUT2D eigenvalue weighted by atomic mass is 35.5. The van der Waals surface area contributed by atoms with Gasteiger partial charge in [0.2, 0.25) is 5.91 Å². The minimum Gasteiger partial charge on any atom is -0.296 e. The quantitative estimate of drug-likeness (QED) is 0.799. The van der Waals surface area contributed by atoms with E-state index in [-0.39, 0.29) is 11.8 Å². The van der Waals surface area contributed by atoms with Crippen LogP contribution in [-0.2, 0) is 11.2 Å². The van der Waals surface area contributed by atoms with Crippen LogP contribution >= 0.6 is 11.6 Å². The third-order valence-corrected chi connectivity index (χ3v) is 4.21. The molecule has 0 bridgehead atoms. The molecule has 0 N–H and O–H groups in total. The van der Waals surface area contributed by atoms with Crippen molar-refractivity contribution in [2.45, 2.75) is 19.3 Å². The van der Waals surface area contributed by atoms with Gasteiger partial charge in [-0.05, 0) is 37.0 Å². The Morgan fingerprint density at radius 1 is 1.37 bits per heavy atom. The van der Waals surface area contributed by atoms with Crippen LogP contribution in [0.4, 0.5) is 5.82 Å². The second-order valence-electron chi connectivity index (χ2n) is 5.30. The fourth-order valence-corrected chi connectivity index (χ4v) is 2.94. The van der Waals surface area contributed by atoms with Gasteiger partial charge in [-0.25, -0.2) is 4.98 Å². The second kappa shape index (κ2) is 3.94. The van der Waals surface area contributed by atoms with E-state index in [1.807, 2.05) is 23.1 Å². The summed E-state index contributed by atoms with van der Waals surface area (Å²) in [6, 6.07) is 7.90. The summed E-state index contributed by atoms with van der Waals surface area (Å²) in [6.07, 6.45) is 2.95. The summed E-state index contributed by atoms with van der Waals surface area (Å²) < 4.78 is 0. The summed E-state index contributed by atoms with van der Waals surface area (Å²) in [4.78, 5) is 18.7. The van der Waals surface area contributed by atoms with Gasteiger partial charge in [-0.1, -0.05) is 23.7 Å². The Hall–Kier alpha value is -1.61. The lowest BCUT2D eigenvalue weighted by Crippen LogP contribution is -2.30. The lowest BCUT2D eigenvalue weighted by molar-refractivity contribution is -0.119. The average molecular weight is 273 g/mol.